The molecule has 0 aliphatic carbocycles. The van der Waals surface area contributed by atoms with Crippen LogP contribution in [0.15, 0.2) is 67.0 Å². The number of pyridine rings is 1. The summed E-state index contributed by atoms with van der Waals surface area (Å²) in [5.74, 6) is 0.694. The summed E-state index contributed by atoms with van der Waals surface area (Å²) in [6, 6.07) is 16.9. The van der Waals surface area contributed by atoms with E-state index in [4.69, 9.17) is 16.3 Å². The lowest BCUT2D eigenvalue weighted by atomic mass is 9.88. The molecular weight excluding hydrogens is 452 g/mol. The average Bonchev–Trinajstić information content (AvgIpc) is 3.34. The van der Waals surface area contributed by atoms with Crippen LogP contribution in [0.5, 0.6) is 5.75 Å². The van der Waals surface area contributed by atoms with Crippen molar-refractivity contribution in [1.82, 2.24) is 20.5 Å². The van der Waals surface area contributed by atoms with Crippen LogP contribution < -0.4 is 20.3 Å². The zero-order valence-corrected chi connectivity index (χ0v) is 19.4. The number of hydrogen-bond donors (Lipinski definition) is 3. The van der Waals surface area contributed by atoms with Crippen molar-refractivity contribution < 1.29 is 9.53 Å². The summed E-state index contributed by atoms with van der Waals surface area (Å²) in [5, 5.41) is 14.9. The summed E-state index contributed by atoms with van der Waals surface area (Å²) in [4.78, 5) is 19.8. The summed E-state index contributed by atoms with van der Waals surface area (Å²) >= 11 is 5.95. The second kappa shape index (κ2) is 9.61. The van der Waals surface area contributed by atoms with Gasteiger partial charge in [-0.15, -0.1) is 0 Å². The van der Waals surface area contributed by atoms with E-state index >= 15 is 0 Å². The van der Waals surface area contributed by atoms with E-state index in [1.165, 1.54) is 0 Å². The molecule has 3 heterocycles. The second-order valence-corrected chi connectivity index (χ2v) is 8.75. The van der Waals surface area contributed by atoms with Crippen LogP contribution in [0.25, 0.3) is 10.9 Å². The van der Waals surface area contributed by atoms with Gasteiger partial charge >= 0.3 is 6.03 Å². The number of rotatable bonds is 5. The number of piperidine rings is 1. The van der Waals surface area contributed by atoms with Crippen LogP contribution in [0.4, 0.5) is 16.2 Å². The molecule has 2 atom stereocenters. The fraction of sp³-hybridized carbons (Fsp3) is 0.240. The highest BCUT2D eigenvalue weighted by Gasteiger charge is 2.33. The van der Waals surface area contributed by atoms with Gasteiger partial charge in [-0.25, -0.2) is 4.79 Å². The molecule has 2 aromatic carbocycles. The predicted molar refractivity (Wildman–Crippen MR) is 134 cm³/mol. The van der Waals surface area contributed by atoms with Crippen molar-refractivity contribution in [2.75, 3.05) is 30.4 Å². The molecule has 2 unspecified atom stereocenters. The summed E-state index contributed by atoms with van der Waals surface area (Å²) in [6.07, 6.45) is 4.31. The molecule has 2 amide bonds. The molecule has 174 valence electrons. The van der Waals surface area contributed by atoms with Gasteiger partial charge in [-0.2, -0.15) is 5.10 Å². The molecule has 34 heavy (non-hydrogen) atoms. The van der Waals surface area contributed by atoms with E-state index in [0.717, 1.165) is 35.2 Å². The Labute approximate surface area is 202 Å². The number of urea groups is 1. The van der Waals surface area contributed by atoms with Gasteiger partial charge in [-0.1, -0.05) is 11.6 Å². The number of nitrogens with zero attached hydrogens (tertiary/aromatic N) is 3. The number of anilines is 2. The number of methoxy groups -OCH3 is 1. The SMILES string of the molecule is COc1ccc(C2CN(c3ccc4cn[nH]c4c3)CCC2NC(=O)Nc2ccc(Cl)cc2)nc1. The first kappa shape index (κ1) is 22.0. The van der Waals surface area contributed by atoms with E-state index in [9.17, 15) is 4.79 Å². The Morgan fingerprint density at radius 1 is 1.15 bits per heavy atom. The summed E-state index contributed by atoms with van der Waals surface area (Å²) < 4.78 is 5.27. The highest BCUT2D eigenvalue weighted by Crippen LogP contribution is 2.31. The molecule has 0 spiro atoms. The molecule has 8 nitrogen and oxygen atoms in total. The average molecular weight is 477 g/mol. The van der Waals surface area contributed by atoms with Crippen LogP contribution in [0.1, 0.15) is 18.0 Å². The van der Waals surface area contributed by atoms with Gasteiger partial charge < -0.3 is 20.3 Å². The van der Waals surface area contributed by atoms with Crippen molar-refractivity contribution in [3.05, 3.63) is 77.7 Å². The molecular formula is C25H25ClN6O2. The number of amides is 2. The monoisotopic (exact) mass is 476 g/mol. The van der Waals surface area contributed by atoms with E-state index in [1.807, 2.05) is 18.3 Å². The standard InChI is InChI=1S/C25H25ClN6O2/c1-34-20-8-9-22(27-14-20)21-15-32(19-7-2-16-13-28-31-24(16)12-19)11-10-23(21)30-25(33)29-18-5-3-17(26)4-6-18/h2-9,12-14,21,23H,10-11,15H2,1H3,(H,28,31)(H2,29,30,33). The number of H-pyrrole nitrogens is 1. The molecule has 0 saturated carbocycles. The van der Waals surface area contributed by atoms with Gasteiger partial charge in [0, 0.05) is 52.5 Å². The van der Waals surface area contributed by atoms with Crippen molar-refractivity contribution in [3.8, 4) is 5.75 Å². The fourth-order valence-corrected chi connectivity index (χ4v) is 4.51. The van der Waals surface area contributed by atoms with E-state index in [2.05, 4.69) is 48.9 Å². The van der Waals surface area contributed by atoms with Crippen LogP contribution in [-0.4, -0.2) is 47.5 Å². The molecule has 3 N–H and O–H groups in total. The first-order chi connectivity index (χ1) is 16.6. The van der Waals surface area contributed by atoms with E-state index < -0.39 is 0 Å². The van der Waals surface area contributed by atoms with Crippen LogP contribution in [0, 0.1) is 0 Å². The third kappa shape index (κ3) is 4.77. The Kier molecular flexibility index (Phi) is 6.22. The highest BCUT2D eigenvalue weighted by molar-refractivity contribution is 6.30. The third-order valence-electron chi connectivity index (χ3n) is 6.20. The zero-order valence-electron chi connectivity index (χ0n) is 18.7. The molecule has 4 aromatic rings. The number of hydrogen-bond acceptors (Lipinski definition) is 5. The fourth-order valence-electron chi connectivity index (χ4n) is 4.38. The Morgan fingerprint density at radius 2 is 2.00 bits per heavy atom. The number of carbonyl (C=O) groups excluding carboxylic acids is 1. The largest absolute Gasteiger partial charge is 0.495 e. The van der Waals surface area contributed by atoms with Gasteiger partial charge in [-0.05, 0) is 61.0 Å². The van der Waals surface area contributed by atoms with Crippen molar-refractivity contribution in [2.45, 2.75) is 18.4 Å². The lowest BCUT2D eigenvalue weighted by Gasteiger charge is -2.40. The van der Waals surface area contributed by atoms with Gasteiger partial charge in [0.05, 0.1) is 25.0 Å². The second-order valence-electron chi connectivity index (χ2n) is 8.32. The van der Waals surface area contributed by atoms with Crippen molar-refractivity contribution in [1.29, 1.82) is 0 Å². The molecule has 5 rings (SSSR count). The Bertz CT molecular complexity index is 1270. The van der Waals surface area contributed by atoms with Crippen LogP contribution in [0.3, 0.4) is 0 Å². The minimum absolute atomic E-state index is 0.00640. The van der Waals surface area contributed by atoms with Gasteiger partial charge in [0.15, 0.2) is 0 Å². The Balaban J connectivity index is 1.36. The van der Waals surface area contributed by atoms with Gasteiger partial charge in [0.2, 0.25) is 0 Å². The van der Waals surface area contributed by atoms with Crippen molar-refractivity contribution in [2.24, 2.45) is 0 Å². The number of halogens is 1. The number of aromatic nitrogens is 3. The lowest BCUT2D eigenvalue weighted by molar-refractivity contribution is 0.243. The topological polar surface area (TPSA) is 95.2 Å². The van der Waals surface area contributed by atoms with Crippen LogP contribution in [0.2, 0.25) is 5.02 Å². The Hall–Kier alpha value is -3.78. The van der Waals surface area contributed by atoms with E-state index in [1.54, 1.807) is 37.6 Å². The minimum atomic E-state index is -0.252. The number of fused-ring (bicyclic) bond motifs is 1. The molecule has 1 fully saturated rings. The lowest BCUT2D eigenvalue weighted by Crippen LogP contribution is -2.51. The summed E-state index contributed by atoms with van der Waals surface area (Å²) in [7, 11) is 1.62. The maximum atomic E-state index is 12.8. The number of aromatic amines is 1. The Morgan fingerprint density at radius 3 is 2.76 bits per heavy atom. The molecule has 9 heteroatoms. The quantitative estimate of drug-likeness (QED) is 0.384. The van der Waals surface area contributed by atoms with E-state index in [-0.39, 0.29) is 18.0 Å². The first-order valence-electron chi connectivity index (χ1n) is 11.1. The molecule has 0 bridgehead atoms. The smallest absolute Gasteiger partial charge is 0.319 e. The summed E-state index contributed by atoms with van der Waals surface area (Å²) in [5.41, 5.74) is 3.70. The number of ether oxygens (including phenoxy) is 1. The van der Waals surface area contributed by atoms with Crippen LogP contribution >= 0.6 is 11.6 Å². The van der Waals surface area contributed by atoms with E-state index in [0.29, 0.717) is 23.0 Å². The predicted octanol–water partition coefficient (Wildman–Crippen LogP) is 4.80. The molecule has 1 saturated heterocycles. The molecule has 2 aromatic heterocycles. The first-order valence-corrected chi connectivity index (χ1v) is 11.5. The third-order valence-corrected chi connectivity index (χ3v) is 6.45. The number of carbonyl (C=O) groups is 1. The maximum Gasteiger partial charge on any atom is 0.319 e. The number of benzene rings is 2. The number of nitrogens with one attached hydrogen (secondary N) is 3. The summed E-state index contributed by atoms with van der Waals surface area (Å²) in [6.45, 7) is 1.52. The van der Waals surface area contributed by atoms with Crippen LogP contribution in [-0.2, 0) is 0 Å². The zero-order chi connectivity index (χ0) is 23.5. The minimum Gasteiger partial charge on any atom is -0.495 e. The van der Waals surface area contributed by atoms with Gasteiger partial charge in [0.25, 0.3) is 0 Å². The van der Waals surface area contributed by atoms with Crippen molar-refractivity contribution in [3.63, 3.8) is 0 Å². The normalized spacial score (nSPS) is 18.0. The van der Waals surface area contributed by atoms with Gasteiger partial charge in [-0.3, -0.25) is 10.1 Å². The van der Waals surface area contributed by atoms with Crippen molar-refractivity contribution >= 4 is 39.9 Å². The molecule has 1 aliphatic heterocycles. The molecule has 0 radical (unpaired) electrons. The maximum absolute atomic E-state index is 12.8. The highest BCUT2D eigenvalue weighted by atomic mass is 35.5. The molecule has 1 aliphatic rings. The van der Waals surface area contributed by atoms with Gasteiger partial charge in [0.1, 0.15) is 5.75 Å².